The maximum absolute atomic E-state index is 14.4. The fourth-order valence-electron chi connectivity index (χ4n) is 3.05. The number of hydrogen-bond acceptors (Lipinski definition) is 2. The molecule has 0 spiro atoms. The van der Waals surface area contributed by atoms with Crippen LogP contribution in [0.25, 0.3) is 11.1 Å². The van der Waals surface area contributed by atoms with E-state index in [1.54, 1.807) is 19.1 Å². The van der Waals surface area contributed by atoms with E-state index in [1.807, 2.05) is 12.1 Å². The van der Waals surface area contributed by atoms with Gasteiger partial charge in [0.1, 0.15) is 5.82 Å². The Morgan fingerprint density at radius 3 is 2.27 bits per heavy atom. The lowest BCUT2D eigenvalue weighted by Crippen LogP contribution is -2.05. The number of aryl methyl sites for hydroxylation is 1. The molecular weight excluding hydrogens is 327 g/mol. The lowest BCUT2D eigenvalue weighted by molar-refractivity contribution is 0.0526. The molecule has 0 aliphatic heterocycles. The molecule has 0 atom stereocenters. The highest BCUT2D eigenvalue weighted by Gasteiger charge is 2.11. The summed E-state index contributed by atoms with van der Waals surface area (Å²) in [7, 11) is 0. The summed E-state index contributed by atoms with van der Waals surface area (Å²) in [6.45, 7) is 4.24. The summed E-state index contributed by atoms with van der Waals surface area (Å²) >= 11 is 0. The number of carbonyl (C=O) groups excluding carboxylic acids is 1. The van der Waals surface area contributed by atoms with Crippen LogP contribution in [0.5, 0.6) is 0 Å². The third-order valence-electron chi connectivity index (χ3n) is 4.56. The van der Waals surface area contributed by atoms with Crippen molar-refractivity contribution < 1.29 is 13.9 Å². The molecule has 2 aromatic rings. The van der Waals surface area contributed by atoms with Crippen LogP contribution in [0, 0.1) is 5.82 Å². The van der Waals surface area contributed by atoms with Gasteiger partial charge in [-0.05, 0) is 43.0 Å². The third-order valence-corrected chi connectivity index (χ3v) is 4.56. The van der Waals surface area contributed by atoms with Gasteiger partial charge in [0.15, 0.2) is 0 Å². The van der Waals surface area contributed by atoms with Gasteiger partial charge in [-0.15, -0.1) is 0 Å². The minimum Gasteiger partial charge on any atom is -0.462 e. The number of esters is 1. The fraction of sp³-hybridized carbons (Fsp3) is 0.435. The van der Waals surface area contributed by atoms with Crippen LogP contribution in [0.3, 0.4) is 0 Å². The summed E-state index contributed by atoms with van der Waals surface area (Å²) in [4.78, 5) is 11.7. The van der Waals surface area contributed by atoms with E-state index in [2.05, 4.69) is 19.1 Å². The van der Waals surface area contributed by atoms with Crippen LogP contribution >= 0.6 is 0 Å². The van der Waals surface area contributed by atoms with Crippen LogP contribution in [-0.4, -0.2) is 12.6 Å². The molecule has 0 bridgehead atoms. The van der Waals surface area contributed by atoms with E-state index < -0.39 is 11.8 Å². The number of rotatable bonds is 10. The third kappa shape index (κ3) is 5.98. The molecule has 26 heavy (non-hydrogen) atoms. The number of ether oxygens (including phenoxy) is 1. The van der Waals surface area contributed by atoms with Gasteiger partial charge in [-0.25, -0.2) is 9.18 Å². The van der Waals surface area contributed by atoms with E-state index in [-0.39, 0.29) is 12.2 Å². The summed E-state index contributed by atoms with van der Waals surface area (Å²) in [5, 5.41) is 0. The Morgan fingerprint density at radius 1 is 0.923 bits per heavy atom. The van der Waals surface area contributed by atoms with Gasteiger partial charge < -0.3 is 4.74 Å². The minimum atomic E-state index is -0.493. The number of halogens is 1. The van der Waals surface area contributed by atoms with Gasteiger partial charge in [0.05, 0.1) is 12.2 Å². The average Bonchev–Trinajstić information content (AvgIpc) is 2.65. The molecule has 0 saturated carbocycles. The zero-order valence-electron chi connectivity index (χ0n) is 15.9. The molecule has 140 valence electrons. The van der Waals surface area contributed by atoms with Crippen LogP contribution in [0.2, 0.25) is 0 Å². The van der Waals surface area contributed by atoms with Crippen LogP contribution in [0.15, 0.2) is 42.5 Å². The van der Waals surface area contributed by atoms with Crippen molar-refractivity contribution in [2.75, 3.05) is 6.61 Å². The predicted molar refractivity (Wildman–Crippen MR) is 105 cm³/mol. The Bertz CT molecular complexity index is 692. The summed E-state index contributed by atoms with van der Waals surface area (Å²) < 4.78 is 19.3. The van der Waals surface area contributed by atoms with Gasteiger partial charge in [-0.3, -0.25) is 0 Å². The van der Waals surface area contributed by atoms with Crippen molar-refractivity contribution in [3.05, 3.63) is 59.4 Å². The van der Waals surface area contributed by atoms with E-state index in [0.717, 1.165) is 12.0 Å². The molecule has 0 fully saturated rings. The summed E-state index contributed by atoms with van der Waals surface area (Å²) in [6.07, 6.45) is 8.78. The van der Waals surface area contributed by atoms with E-state index in [4.69, 9.17) is 4.74 Å². The van der Waals surface area contributed by atoms with Gasteiger partial charge in [0, 0.05) is 5.56 Å². The molecule has 2 nitrogen and oxygen atoms in total. The summed E-state index contributed by atoms with van der Waals surface area (Å²) in [5.74, 6) is -0.897. The monoisotopic (exact) mass is 356 g/mol. The molecule has 0 radical (unpaired) electrons. The Hall–Kier alpha value is -2.16. The maximum atomic E-state index is 14.4. The molecule has 0 aliphatic carbocycles. The highest BCUT2D eigenvalue weighted by atomic mass is 19.1. The molecule has 0 N–H and O–H groups in total. The Morgan fingerprint density at radius 2 is 1.62 bits per heavy atom. The lowest BCUT2D eigenvalue weighted by Gasteiger charge is -2.08. The molecular formula is C23H29FO2. The summed E-state index contributed by atoms with van der Waals surface area (Å²) in [6, 6.07) is 12.5. The van der Waals surface area contributed by atoms with E-state index in [0.29, 0.717) is 5.56 Å². The molecule has 0 heterocycles. The largest absolute Gasteiger partial charge is 0.462 e. The Balaban J connectivity index is 1.94. The van der Waals surface area contributed by atoms with Gasteiger partial charge >= 0.3 is 5.97 Å². The summed E-state index contributed by atoms with van der Waals surface area (Å²) in [5.41, 5.74) is 2.86. The van der Waals surface area contributed by atoms with Gasteiger partial charge in [0.2, 0.25) is 0 Å². The highest BCUT2D eigenvalue weighted by Crippen LogP contribution is 2.25. The second-order valence-corrected chi connectivity index (χ2v) is 6.63. The molecule has 2 aromatic carbocycles. The van der Waals surface area contributed by atoms with Crippen LogP contribution < -0.4 is 0 Å². The first-order valence-corrected chi connectivity index (χ1v) is 9.71. The first-order valence-electron chi connectivity index (χ1n) is 9.71. The molecule has 0 amide bonds. The highest BCUT2D eigenvalue weighted by molar-refractivity contribution is 5.90. The van der Waals surface area contributed by atoms with Gasteiger partial charge in [-0.1, -0.05) is 69.4 Å². The lowest BCUT2D eigenvalue weighted by atomic mass is 9.99. The van der Waals surface area contributed by atoms with E-state index in [1.165, 1.54) is 50.2 Å². The van der Waals surface area contributed by atoms with E-state index in [9.17, 15) is 9.18 Å². The smallest absolute Gasteiger partial charge is 0.338 e. The first kappa shape index (κ1) is 20.2. The van der Waals surface area contributed by atoms with Crippen molar-refractivity contribution in [3.8, 4) is 11.1 Å². The van der Waals surface area contributed by atoms with E-state index >= 15 is 0 Å². The molecule has 0 aromatic heterocycles. The van der Waals surface area contributed by atoms with Crippen molar-refractivity contribution in [1.82, 2.24) is 0 Å². The molecule has 3 heteroatoms. The quantitative estimate of drug-likeness (QED) is 0.355. The van der Waals surface area contributed by atoms with Crippen LogP contribution in [0.4, 0.5) is 4.39 Å². The van der Waals surface area contributed by atoms with Gasteiger partial charge in [0.25, 0.3) is 0 Å². The van der Waals surface area contributed by atoms with Crippen molar-refractivity contribution in [1.29, 1.82) is 0 Å². The first-order chi connectivity index (χ1) is 12.7. The topological polar surface area (TPSA) is 26.3 Å². The van der Waals surface area contributed by atoms with Crippen molar-refractivity contribution in [3.63, 3.8) is 0 Å². The second-order valence-electron chi connectivity index (χ2n) is 6.63. The zero-order valence-corrected chi connectivity index (χ0v) is 15.9. The van der Waals surface area contributed by atoms with Crippen molar-refractivity contribution in [2.24, 2.45) is 0 Å². The fourth-order valence-corrected chi connectivity index (χ4v) is 3.05. The average molecular weight is 356 g/mol. The van der Waals surface area contributed by atoms with Crippen molar-refractivity contribution >= 4 is 5.97 Å². The normalized spacial score (nSPS) is 10.7. The van der Waals surface area contributed by atoms with Crippen LogP contribution in [0.1, 0.15) is 68.3 Å². The molecule has 0 saturated heterocycles. The van der Waals surface area contributed by atoms with Gasteiger partial charge in [-0.2, -0.15) is 0 Å². The molecule has 2 rings (SSSR count). The number of unbranched alkanes of at least 4 members (excludes halogenated alkanes) is 5. The zero-order chi connectivity index (χ0) is 18.8. The minimum absolute atomic E-state index is 0.243. The molecule has 0 unspecified atom stereocenters. The maximum Gasteiger partial charge on any atom is 0.338 e. The Kier molecular flexibility index (Phi) is 8.33. The SMILES string of the molecule is CCCCCCCCc1ccc(-c2ccc(C(=O)OCC)cc2F)cc1. The Labute approximate surface area is 156 Å². The predicted octanol–water partition coefficient (Wildman–Crippen LogP) is 6.57. The molecule has 0 aliphatic rings. The number of hydrogen-bond donors (Lipinski definition) is 0. The number of carbonyl (C=O) groups is 1. The number of benzene rings is 2. The standard InChI is InChI=1S/C23H29FO2/c1-3-5-6-7-8-9-10-18-11-13-19(14-12-18)21-16-15-20(17-22(21)24)23(25)26-4-2/h11-17H,3-10H2,1-2H3. The second kappa shape index (κ2) is 10.7. The van der Waals surface area contributed by atoms with Crippen molar-refractivity contribution in [2.45, 2.75) is 58.8 Å². The van der Waals surface area contributed by atoms with Crippen LogP contribution in [-0.2, 0) is 11.2 Å².